The number of hydrogen-bond acceptors (Lipinski definition) is 3. The third-order valence-electron chi connectivity index (χ3n) is 2.70. The summed E-state index contributed by atoms with van der Waals surface area (Å²) in [5, 5.41) is 1.25. The Morgan fingerprint density at radius 1 is 1.24 bits per heavy atom. The zero-order chi connectivity index (χ0) is 12.7. The summed E-state index contributed by atoms with van der Waals surface area (Å²) in [7, 11) is 0. The van der Waals surface area contributed by atoms with Gasteiger partial charge >= 0.3 is 0 Å². The normalized spacial score (nSPS) is 10.2. The third kappa shape index (κ3) is 4.07. The van der Waals surface area contributed by atoms with Gasteiger partial charge in [0, 0.05) is 12.2 Å². The molecule has 1 aromatic rings. The number of nitrogens with two attached hydrogens (primary N) is 2. The van der Waals surface area contributed by atoms with Crippen LogP contribution < -0.4 is 11.6 Å². The first-order valence-corrected chi connectivity index (χ1v) is 6.08. The summed E-state index contributed by atoms with van der Waals surface area (Å²) < 4.78 is 0. The number of unbranched alkanes of at least 4 members (excludes halogenated alkanes) is 3. The van der Waals surface area contributed by atoms with Crippen LogP contribution in [0.3, 0.4) is 0 Å². The molecule has 1 rings (SSSR count). The summed E-state index contributed by atoms with van der Waals surface area (Å²) in [6.07, 6.45) is 4.38. The van der Waals surface area contributed by atoms with Crippen molar-refractivity contribution in [3.8, 4) is 0 Å². The van der Waals surface area contributed by atoms with Crippen molar-refractivity contribution in [1.82, 2.24) is 5.01 Å². The Kier molecular flexibility index (Phi) is 5.49. The van der Waals surface area contributed by atoms with E-state index in [4.69, 9.17) is 11.6 Å². The number of carbonyl (C=O) groups is 1. The quantitative estimate of drug-likeness (QED) is 0.261. The number of anilines is 1. The Bertz CT molecular complexity index is 365. The van der Waals surface area contributed by atoms with Gasteiger partial charge in [-0.1, -0.05) is 38.3 Å². The molecule has 0 radical (unpaired) electrons. The second-order valence-corrected chi connectivity index (χ2v) is 4.15. The van der Waals surface area contributed by atoms with E-state index in [1.54, 1.807) is 24.3 Å². The lowest BCUT2D eigenvalue weighted by Gasteiger charge is -2.17. The molecule has 1 amide bonds. The fraction of sp³-hybridized carbons (Fsp3) is 0.462. The molecular formula is C13H21N3O. The van der Waals surface area contributed by atoms with Crippen molar-refractivity contribution in [1.29, 1.82) is 0 Å². The van der Waals surface area contributed by atoms with Gasteiger partial charge in [0.2, 0.25) is 0 Å². The number of hydrazine groups is 1. The predicted molar refractivity (Wildman–Crippen MR) is 70.2 cm³/mol. The summed E-state index contributed by atoms with van der Waals surface area (Å²) >= 11 is 0. The summed E-state index contributed by atoms with van der Waals surface area (Å²) in [6, 6.07) is 6.99. The van der Waals surface area contributed by atoms with Crippen LogP contribution in [0.5, 0.6) is 0 Å². The van der Waals surface area contributed by atoms with E-state index in [-0.39, 0.29) is 5.91 Å². The maximum absolute atomic E-state index is 12.0. The van der Waals surface area contributed by atoms with Gasteiger partial charge < -0.3 is 5.73 Å². The first-order chi connectivity index (χ1) is 8.16. The standard InChI is InChI=1S/C13H21N3O/c1-2-3-4-7-10-16(15)13(17)11-8-5-6-9-12(11)14/h5-6,8-9H,2-4,7,10,14-15H2,1H3. The Morgan fingerprint density at radius 2 is 1.94 bits per heavy atom. The molecule has 0 bridgehead atoms. The molecule has 0 aliphatic rings. The largest absolute Gasteiger partial charge is 0.398 e. The molecule has 4 heteroatoms. The van der Waals surface area contributed by atoms with Crippen molar-refractivity contribution in [3.05, 3.63) is 29.8 Å². The van der Waals surface area contributed by atoms with Gasteiger partial charge in [0.25, 0.3) is 5.91 Å². The van der Waals surface area contributed by atoms with Gasteiger partial charge in [-0.15, -0.1) is 0 Å². The summed E-state index contributed by atoms with van der Waals surface area (Å²) in [4.78, 5) is 12.0. The molecule has 1 aromatic carbocycles. The lowest BCUT2D eigenvalue weighted by atomic mass is 10.1. The number of benzene rings is 1. The highest BCUT2D eigenvalue weighted by molar-refractivity contribution is 5.98. The first kappa shape index (κ1) is 13.5. The number of nitrogens with zero attached hydrogens (tertiary/aromatic N) is 1. The molecule has 0 saturated carbocycles. The van der Waals surface area contributed by atoms with Gasteiger partial charge in [-0.2, -0.15) is 0 Å². The van der Waals surface area contributed by atoms with Crippen LogP contribution >= 0.6 is 0 Å². The zero-order valence-corrected chi connectivity index (χ0v) is 10.4. The highest BCUT2D eigenvalue weighted by Gasteiger charge is 2.13. The lowest BCUT2D eigenvalue weighted by Crippen LogP contribution is -2.38. The van der Waals surface area contributed by atoms with Gasteiger partial charge in [0.1, 0.15) is 0 Å². The van der Waals surface area contributed by atoms with Crippen LogP contribution in [-0.4, -0.2) is 17.5 Å². The summed E-state index contributed by atoms with van der Waals surface area (Å²) in [5.74, 6) is 5.52. The molecule has 0 atom stereocenters. The fourth-order valence-electron chi connectivity index (χ4n) is 1.66. The average molecular weight is 235 g/mol. The van der Waals surface area contributed by atoms with E-state index in [1.807, 2.05) is 0 Å². The number of rotatable bonds is 6. The number of carbonyl (C=O) groups excluding carboxylic acids is 1. The van der Waals surface area contributed by atoms with Crippen LogP contribution in [0.15, 0.2) is 24.3 Å². The van der Waals surface area contributed by atoms with Crippen LogP contribution in [0, 0.1) is 0 Å². The second kappa shape index (κ2) is 6.91. The predicted octanol–water partition coefficient (Wildman–Crippen LogP) is 2.17. The van der Waals surface area contributed by atoms with E-state index in [0.29, 0.717) is 17.8 Å². The first-order valence-electron chi connectivity index (χ1n) is 6.08. The Labute approximate surface area is 103 Å². The lowest BCUT2D eigenvalue weighted by molar-refractivity contribution is 0.0753. The number of nitrogen functional groups attached to an aromatic ring is 1. The van der Waals surface area contributed by atoms with Gasteiger partial charge in [-0.25, -0.2) is 5.84 Å². The smallest absolute Gasteiger partial charge is 0.269 e. The average Bonchev–Trinajstić information content (AvgIpc) is 2.34. The van der Waals surface area contributed by atoms with Gasteiger partial charge in [0.15, 0.2) is 0 Å². The van der Waals surface area contributed by atoms with E-state index in [9.17, 15) is 4.79 Å². The second-order valence-electron chi connectivity index (χ2n) is 4.15. The molecule has 0 aliphatic carbocycles. The van der Waals surface area contributed by atoms with Crippen LogP contribution in [0.4, 0.5) is 5.69 Å². The minimum Gasteiger partial charge on any atom is -0.398 e. The fourth-order valence-corrected chi connectivity index (χ4v) is 1.66. The van der Waals surface area contributed by atoms with Crippen molar-refractivity contribution in [3.63, 3.8) is 0 Å². The molecule has 0 heterocycles. The number of hydrogen-bond donors (Lipinski definition) is 2. The highest BCUT2D eigenvalue weighted by Crippen LogP contribution is 2.12. The monoisotopic (exact) mass is 235 g/mol. The molecular weight excluding hydrogens is 214 g/mol. The summed E-state index contributed by atoms with van der Waals surface area (Å²) in [6.45, 7) is 2.73. The van der Waals surface area contributed by atoms with E-state index >= 15 is 0 Å². The zero-order valence-electron chi connectivity index (χ0n) is 10.4. The minimum atomic E-state index is -0.209. The molecule has 4 N–H and O–H groups in total. The Balaban J connectivity index is 2.49. The van der Waals surface area contributed by atoms with Crippen molar-refractivity contribution < 1.29 is 4.79 Å². The molecule has 0 aliphatic heterocycles. The topological polar surface area (TPSA) is 72.3 Å². The number of para-hydroxylation sites is 1. The maximum atomic E-state index is 12.0. The molecule has 94 valence electrons. The maximum Gasteiger partial charge on any atom is 0.269 e. The number of amides is 1. The van der Waals surface area contributed by atoms with E-state index in [1.165, 1.54) is 17.9 Å². The van der Waals surface area contributed by atoms with Crippen LogP contribution in [0.25, 0.3) is 0 Å². The van der Waals surface area contributed by atoms with Gasteiger partial charge in [0.05, 0.1) is 5.56 Å². The van der Waals surface area contributed by atoms with E-state index < -0.39 is 0 Å². The molecule has 0 saturated heterocycles. The highest BCUT2D eigenvalue weighted by atomic mass is 16.2. The Hall–Kier alpha value is -1.55. The van der Waals surface area contributed by atoms with Crippen LogP contribution in [0.1, 0.15) is 43.0 Å². The SMILES string of the molecule is CCCCCCN(N)C(=O)c1ccccc1N. The van der Waals surface area contributed by atoms with E-state index in [0.717, 1.165) is 12.8 Å². The molecule has 17 heavy (non-hydrogen) atoms. The summed E-state index contributed by atoms with van der Waals surface area (Å²) in [5.41, 5.74) is 6.68. The molecule has 0 spiro atoms. The Morgan fingerprint density at radius 3 is 2.59 bits per heavy atom. The van der Waals surface area contributed by atoms with Crippen molar-refractivity contribution in [2.24, 2.45) is 5.84 Å². The van der Waals surface area contributed by atoms with Crippen LogP contribution in [0.2, 0.25) is 0 Å². The van der Waals surface area contributed by atoms with Crippen LogP contribution in [-0.2, 0) is 0 Å². The third-order valence-corrected chi connectivity index (χ3v) is 2.70. The molecule has 0 aromatic heterocycles. The van der Waals surface area contributed by atoms with Crippen molar-refractivity contribution >= 4 is 11.6 Å². The molecule has 0 fully saturated rings. The van der Waals surface area contributed by atoms with Gasteiger partial charge in [-0.3, -0.25) is 9.80 Å². The molecule has 4 nitrogen and oxygen atoms in total. The minimum absolute atomic E-state index is 0.209. The van der Waals surface area contributed by atoms with Crippen molar-refractivity contribution in [2.75, 3.05) is 12.3 Å². The van der Waals surface area contributed by atoms with Gasteiger partial charge in [-0.05, 0) is 18.6 Å². The molecule has 0 unspecified atom stereocenters. The van der Waals surface area contributed by atoms with E-state index in [2.05, 4.69) is 6.92 Å². The van der Waals surface area contributed by atoms with Crippen molar-refractivity contribution in [2.45, 2.75) is 32.6 Å².